The Morgan fingerprint density at radius 3 is 2.47 bits per heavy atom. The summed E-state index contributed by atoms with van der Waals surface area (Å²) in [7, 11) is 6.91. The molecule has 7 nitrogen and oxygen atoms in total. The van der Waals surface area contributed by atoms with Crippen LogP contribution in [0, 0.1) is 0 Å². The number of fused-ring (bicyclic) bond motifs is 1. The minimum absolute atomic E-state index is 0.0443. The molecule has 1 N–H and O–H groups in total. The molecule has 0 spiro atoms. The fraction of sp³-hybridized carbons (Fsp3) is 0.304. The standard InChI is InChI=1S/C23H27N3O4/c1-25(2)20(17-10-6-8-12-21(17)29-3)13-24-22(27)15-26-14-18(23(28)30-4)16-9-5-7-11-19(16)26/h5-12,14,20H,13,15H2,1-4H3,(H,24,27). The van der Waals surface area contributed by atoms with Gasteiger partial charge in [0, 0.05) is 29.2 Å². The first-order valence-corrected chi connectivity index (χ1v) is 9.68. The van der Waals surface area contributed by atoms with E-state index in [0.29, 0.717) is 12.1 Å². The van der Waals surface area contributed by atoms with Gasteiger partial charge in [-0.3, -0.25) is 4.79 Å². The van der Waals surface area contributed by atoms with Crippen molar-refractivity contribution in [3.63, 3.8) is 0 Å². The highest BCUT2D eigenvalue weighted by Gasteiger charge is 2.20. The number of hydrogen-bond donors (Lipinski definition) is 1. The predicted octanol–water partition coefficient (Wildman–Crippen LogP) is 2.86. The Kier molecular flexibility index (Phi) is 6.74. The number of amides is 1. The van der Waals surface area contributed by atoms with Crippen LogP contribution in [0.1, 0.15) is 22.0 Å². The summed E-state index contributed by atoms with van der Waals surface area (Å²) in [5, 5.41) is 3.77. The number of nitrogens with one attached hydrogen (secondary N) is 1. The van der Waals surface area contributed by atoms with Crippen LogP contribution in [0.15, 0.2) is 54.7 Å². The quantitative estimate of drug-likeness (QED) is 0.579. The first-order chi connectivity index (χ1) is 14.5. The molecule has 7 heteroatoms. The Labute approximate surface area is 176 Å². The summed E-state index contributed by atoms with van der Waals surface area (Å²) in [5.74, 6) is 0.215. The fourth-order valence-corrected chi connectivity index (χ4v) is 3.58. The number of aromatic nitrogens is 1. The van der Waals surface area contributed by atoms with Gasteiger partial charge in [0.05, 0.1) is 25.8 Å². The Balaban J connectivity index is 1.76. The molecular weight excluding hydrogens is 382 g/mol. The lowest BCUT2D eigenvalue weighted by Crippen LogP contribution is -2.36. The summed E-state index contributed by atoms with van der Waals surface area (Å²) in [6.07, 6.45) is 1.67. The molecule has 30 heavy (non-hydrogen) atoms. The number of likely N-dealkylation sites (N-methyl/N-ethyl adjacent to an activating group) is 1. The maximum Gasteiger partial charge on any atom is 0.340 e. The molecule has 0 aliphatic heterocycles. The predicted molar refractivity (Wildman–Crippen MR) is 116 cm³/mol. The third-order valence-corrected chi connectivity index (χ3v) is 5.12. The largest absolute Gasteiger partial charge is 0.496 e. The molecule has 0 aliphatic rings. The molecule has 158 valence electrons. The molecule has 3 rings (SSSR count). The van der Waals surface area contributed by atoms with Crippen molar-refractivity contribution < 1.29 is 19.1 Å². The summed E-state index contributed by atoms with van der Waals surface area (Å²) in [5.41, 5.74) is 2.26. The van der Waals surface area contributed by atoms with Gasteiger partial charge in [0.15, 0.2) is 0 Å². The highest BCUT2D eigenvalue weighted by Crippen LogP contribution is 2.27. The molecule has 1 aromatic heterocycles. The number of carbonyl (C=O) groups excluding carboxylic acids is 2. The molecule has 0 bridgehead atoms. The lowest BCUT2D eigenvalue weighted by molar-refractivity contribution is -0.121. The van der Waals surface area contributed by atoms with Crippen LogP contribution < -0.4 is 10.1 Å². The lowest BCUT2D eigenvalue weighted by atomic mass is 10.0. The molecule has 0 aliphatic carbocycles. The normalized spacial score (nSPS) is 12.0. The smallest absolute Gasteiger partial charge is 0.340 e. The Morgan fingerprint density at radius 1 is 1.07 bits per heavy atom. The van der Waals surface area contributed by atoms with Crippen molar-refractivity contribution in [1.29, 1.82) is 0 Å². The zero-order valence-electron chi connectivity index (χ0n) is 17.7. The number of ether oxygens (including phenoxy) is 2. The SMILES string of the molecule is COC(=O)c1cn(CC(=O)NCC(c2ccccc2OC)N(C)C)c2ccccc12. The third-order valence-electron chi connectivity index (χ3n) is 5.12. The number of rotatable bonds is 8. The monoisotopic (exact) mass is 409 g/mol. The van der Waals surface area contributed by atoms with Crippen molar-refractivity contribution in [2.24, 2.45) is 0 Å². The Hall–Kier alpha value is -3.32. The minimum Gasteiger partial charge on any atom is -0.496 e. The number of methoxy groups -OCH3 is 2. The van der Waals surface area contributed by atoms with Gasteiger partial charge < -0.3 is 24.3 Å². The topological polar surface area (TPSA) is 72.8 Å². The number of carbonyl (C=O) groups is 2. The van der Waals surface area contributed by atoms with E-state index in [1.165, 1.54) is 7.11 Å². The van der Waals surface area contributed by atoms with Crippen molar-refractivity contribution >= 4 is 22.8 Å². The molecular formula is C23H27N3O4. The van der Waals surface area contributed by atoms with E-state index in [4.69, 9.17) is 9.47 Å². The number of esters is 1. The van der Waals surface area contributed by atoms with E-state index in [0.717, 1.165) is 22.2 Å². The minimum atomic E-state index is -0.422. The second kappa shape index (κ2) is 9.45. The molecule has 0 fully saturated rings. The van der Waals surface area contributed by atoms with Crippen molar-refractivity contribution in [2.45, 2.75) is 12.6 Å². The Bertz CT molecular complexity index is 1040. The van der Waals surface area contributed by atoms with Crippen LogP contribution in [0.2, 0.25) is 0 Å². The van der Waals surface area contributed by atoms with Gasteiger partial charge in [-0.1, -0.05) is 36.4 Å². The van der Waals surface area contributed by atoms with Crippen LogP contribution in [-0.2, 0) is 16.1 Å². The summed E-state index contributed by atoms with van der Waals surface area (Å²) in [4.78, 5) is 26.8. The van der Waals surface area contributed by atoms with Gasteiger partial charge >= 0.3 is 5.97 Å². The highest BCUT2D eigenvalue weighted by atomic mass is 16.5. The van der Waals surface area contributed by atoms with Gasteiger partial charge in [0.2, 0.25) is 5.91 Å². The van der Waals surface area contributed by atoms with Gasteiger partial charge in [-0.15, -0.1) is 0 Å². The zero-order valence-corrected chi connectivity index (χ0v) is 17.7. The van der Waals surface area contributed by atoms with Crippen molar-refractivity contribution in [3.8, 4) is 5.75 Å². The molecule has 0 radical (unpaired) electrons. The van der Waals surface area contributed by atoms with Gasteiger partial charge in [0.25, 0.3) is 0 Å². The average molecular weight is 409 g/mol. The van der Waals surface area contributed by atoms with Crippen molar-refractivity contribution in [1.82, 2.24) is 14.8 Å². The number of hydrogen-bond acceptors (Lipinski definition) is 5. The third kappa shape index (κ3) is 4.46. The number of benzene rings is 2. The summed E-state index contributed by atoms with van der Waals surface area (Å²) in [6, 6.07) is 15.2. The van der Waals surface area contributed by atoms with Gasteiger partial charge in [0.1, 0.15) is 12.3 Å². The van der Waals surface area contributed by atoms with E-state index in [1.54, 1.807) is 17.9 Å². The van der Waals surface area contributed by atoms with E-state index < -0.39 is 5.97 Å². The summed E-state index contributed by atoms with van der Waals surface area (Å²) in [6.45, 7) is 0.527. The number of para-hydroxylation sites is 2. The van der Waals surface area contributed by atoms with E-state index in [-0.39, 0.29) is 18.5 Å². The fourth-order valence-electron chi connectivity index (χ4n) is 3.58. The molecule has 1 amide bonds. The van der Waals surface area contributed by atoms with Crippen LogP contribution in [0.5, 0.6) is 5.75 Å². The van der Waals surface area contributed by atoms with E-state index in [9.17, 15) is 9.59 Å². The zero-order chi connectivity index (χ0) is 21.7. The first kappa shape index (κ1) is 21.4. The highest BCUT2D eigenvalue weighted by molar-refractivity contribution is 6.04. The molecule has 0 saturated carbocycles. The van der Waals surface area contributed by atoms with Gasteiger partial charge in [-0.2, -0.15) is 0 Å². The van der Waals surface area contributed by atoms with E-state index >= 15 is 0 Å². The lowest BCUT2D eigenvalue weighted by Gasteiger charge is -2.26. The van der Waals surface area contributed by atoms with Crippen molar-refractivity contribution in [2.75, 3.05) is 34.9 Å². The van der Waals surface area contributed by atoms with E-state index in [2.05, 4.69) is 5.32 Å². The Morgan fingerprint density at radius 2 is 1.77 bits per heavy atom. The van der Waals surface area contributed by atoms with Gasteiger partial charge in [-0.25, -0.2) is 4.79 Å². The van der Waals surface area contributed by atoms with Crippen molar-refractivity contribution in [3.05, 3.63) is 65.9 Å². The molecule has 1 heterocycles. The van der Waals surface area contributed by atoms with Crippen LogP contribution >= 0.6 is 0 Å². The maximum atomic E-state index is 12.7. The molecule has 0 saturated heterocycles. The first-order valence-electron chi connectivity index (χ1n) is 9.68. The molecule has 1 unspecified atom stereocenters. The number of nitrogens with zero attached hydrogens (tertiary/aromatic N) is 2. The second-order valence-electron chi connectivity index (χ2n) is 7.20. The van der Waals surface area contributed by atoms with Crippen LogP contribution in [0.25, 0.3) is 10.9 Å². The molecule has 1 atom stereocenters. The van der Waals surface area contributed by atoms with Gasteiger partial charge in [-0.05, 0) is 26.2 Å². The average Bonchev–Trinajstić information content (AvgIpc) is 3.12. The second-order valence-corrected chi connectivity index (χ2v) is 7.20. The van der Waals surface area contributed by atoms with Crippen LogP contribution in [-0.4, -0.2) is 56.2 Å². The van der Waals surface area contributed by atoms with Crippen LogP contribution in [0.3, 0.4) is 0 Å². The molecule has 3 aromatic rings. The van der Waals surface area contributed by atoms with Crippen LogP contribution in [0.4, 0.5) is 0 Å². The summed E-state index contributed by atoms with van der Waals surface area (Å²) < 4.78 is 12.1. The van der Waals surface area contributed by atoms with E-state index in [1.807, 2.05) is 67.5 Å². The summed E-state index contributed by atoms with van der Waals surface area (Å²) >= 11 is 0. The maximum absolute atomic E-state index is 12.7. The molecule has 2 aromatic carbocycles.